The molecule has 0 N–H and O–H groups in total. The number of piperazine rings is 1. The minimum atomic E-state index is -3.33. The molecule has 0 saturated carbocycles. The number of hydrogen-bond acceptors (Lipinski definition) is 5. The fourth-order valence-electron chi connectivity index (χ4n) is 3.50. The molecule has 6 nitrogen and oxygen atoms in total. The Morgan fingerprint density at radius 1 is 1.03 bits per heavy atom. The van der Waals surface area contributed by atoms with Crippen LogP contribution in [0.5, 0.6) is 5.75 Å². The molecule has 29 heavy (non-hydrogen) atoms. The standard InChI is InChI=1S/C22H28N2O4S/c1-3-28-22-10-9-20(18(2)25)15-21(22)16-23-11-13-24(14-12-23)29(26,27)17-19-7-5-4-6-8-19/h4-10,15H,3,11-14,16-17H2,1-2H3. The molecule has 0 atom stereocenters. The van der Waals surface area contributed by atoms with E-state index in [2.05, 4.69) is 4.90 Å². The van der Waals surface area contributed by atoms with Gasteiger partial charge in [-0.05, 0) is 37.6 Å². The first kappa shape index (κ1) is 21.5. The van der Waals surface area contributed by atoms with Gasteiger partial charge in [0.25, 0.3) is 0 Å². The van der Waals surface area contributed by atoms with Crippen molar-refractivity contribution in [1.82, 2.24) is 9.21 Å². The van der Waals surface area contributed by atoms with Crippen molar-refractivity contribution in [2.45, 2.75) is 26.1 Å². The molecule has 0 aromatic heterocycles. The lowest BCUT2D eigenvalue weighted by molar-refractivity contribution is 0.101. The van der Waals surface area contributed by atoms with Gasteiger partial charge in [-0.3, -0.25) is 9.69 Å². The Balaban J connectivity index is 1.64. The third kappa shape index (κ3) is 5.65. The lowest BCUT2D eigenvalue weighted by atomic mass is 10.1. The molecule has 3 rings (SSSR count). The van der Waals surface area contributed by atoms with Gasteiger partial charge in [0, 0.05) is 43.9 Å². The molecule has 2 aromatic rings. The zero-order valence-electron chi connectivity index (χ0n) is 17.0. The number of hydrogen-bond donors (Lipinski definition) is 0. The SMILES string of the molecule is CCOc1ccc(C(C)=O)cc1CN1CCN(S(=O)(=O)Cc2ccccc2)CC1. The highest BCUT2D eigenvalue weighted by Gasteiger charge is 2.27. The van der Waals surface area contributed by atoms with Crippen molar-refractivity contribution in [2.24, 2.45) is 0 Å². The fraction of sp³-hybridized carbons (Fsp3) is 0.409. The molecular weight excluding hydrogens is 388 g/mol. The van der Waals surface area contributed by atoms with Crippen LogP contribution < -0.4 is 4.74 Å². The smallest absolute Gasteiger partial charge is 0.218 e. The van der Waals surface area contributed by atoms with E-state index in [1.165, 1.54) is 0 Å². The summed E-state index contributed by atoms with van der Waals surface area (Å²) in [4.78, 5) is 13.9. The van der Waals surface area contributed by atoms with Crippen molar-refractivity contribution in [1.29, 1.82) is 0 Å². The first-order valence-corrected chi connectivity index (χ1v) is 11.5. The molecule has 0 bridgehead atoms. The summed E-state index contributed by atoms with van der Waals surface area (Å²) in [7, 11) is -3.33. The largest absolute Gasteiger partial charge is 0.494 e. The normalized spacial score (nSPS) is 15.9. The van der Waals surface area contributed by atoms with Crippen molar-refractivity contribution in [3.63, 3.8) is 0 Å². The van der Waals surface area contributed by atoms with E-state index in [1.807, 2.05) is 49.4 Å². The molecule has 0 spiro atoms. The van der Waals surface area contributed by atoms with Crippen molar-refractivity contribution < 1.29 is 17.9 Å². The van der Waals surface area contributed by atoms with Gasteiger partial charge < -0.3 is 4.74 Å². The molecule has 1 saturated heterocycles. The van der Waals surface area contributed by atoms with Gasteiger partial charge in [-0.1, -0.05) is 30.3 Å². The molecule has 0 radical (unpaired) electrons. The van der Waals surface area contributed by atoms with Crippen LogP contribution in [0.4, 0.5) is 0 Å². The predicted molar refractivity (Wildman–Crippen MR) is 114 cm³/mol. The number of sulfonamides is 1. The monoisotopic (exact) mass is 416 g/mol. The van der Waals surface area contributed by atoms with Gasteiger partial charge in [0.2, 0.25) is 10.0 Å². The molecular formula is C22H28N2O4S. The average molecular weight is 417 g/mol. The molecule has 156 valence electrons. The van der Waals surface area contributed by atoms with Crippen LogP contribution >= 0.6 is 0 Å². The van der Waals surface area contributed by atoms with Crippen LogP contribution in [0.15, 0.2) is 48.5 Å². The summed E-state index contributed by atoms with van der Waals surface area (Å²) in [5, 5.41) is 0. The first-order valence-electron chi connectivity index (χ1n) is 9.90. The average Bonchev–Trinajstić information content (AvgIpc) is 2.70. The van der Waals surface area contributed by atoms with E-state index >= 15 is 0 Å². The third-order valence-corrected chi connectivity index (χ3v) is 6.93. The second-order valence-corrected chi connectivity index (χ2v) is 9.20. The molecule has 1 aliphatic rings. The lowest BCUT2D eigenvalue weighted by Gasteiger charge is -2.34. The topological polar surface area (TPSA) is 66.9 Å². The van der Waals surface area contributed by atoms with Gasteiger partial charge >= 0.3 is 0 Å². The van der Waals surface area contributed by atoms with Crippen LogP contribution in [0.2, 0.25) is 0 Å². The number of ketones is 1. The summed E-state index contributed by atoms with van der Waals surface area (Å²) in [5.41, 5.74) is 2.42. The van der Waals surface area contributed by atoms with Gasteiger partial charge in [-0.2, -0.15) is 4.31 Å². The Hall–Kier alpha value is -2.22. The Morgan fingerprint density at radius 2 is 1.72 bits per heavy atom. The van der Waals surface area contributed by atoms with E-state index in [-0.39, 0.29) is 11.5 Å². The first-order chi connectivity index (χ1) is 13.9. The maximum absolute atomic E-state index is 12.7. The zero-order valence-corrected chi connectivity index (χ0v) is 17.8. The molecule has 2 aromatic carbocycles. The predicted octanol–water partition coefficient (Wildman–Crippen LogP) is 2.94. The van der Waals surface area contributed by atoms with Gasteiger partial charge in [0.15, 0.2) is 5.78 Å². The molecule has 7 heteroatoms. The van der Waals surface area contributed by atoms with E-state index in [0.29, 0.717) is 44.9 Å². The van der Waals surface area contributed by atoms with Crippen molar-refractivity contribution >= 4 is 15.8 Å². The molecule has 0 amide bonds. The van der Waals surface area contributed by atoms with Crippen molar-refractivity contribution in [3.8, 4) is 5.75 Å². The second kappa shape index (κ2) is 9.52. The zero-order chi connectivity index (χ0) is 20.9. The summed E-state index contributed by atoms with van der Waals surface area (Å²) in [5.74, 6) is 0.825. The van der Waals surface area contributed by atoms with E-state index in [1.54, 1.807) is 17.3 Å². The van der Waals surface area contributed by atoms with E-state index in [9.17, 15) is 13.2 Å². The minimum absolute atomic E-state index is 0.0196. The van der Waals surface area contributed by atoms with Crippen LogP contribution in [0.25, 0.3) is 0 Å². The van der Waals surface area contributed by atoms with E-state index in [0.717, 1.165) is 16.9 Å². The van der Waals surface area contributed by atoms with E-state index < -0.39 is 10.0 Å². The fourth-order valence-corrected chi connectivity index (χ4v) is 5.02. The third-order valence-electron chi connectivity index (χ3n) is 5.08. The van der Waals surface area contributed by atoms with Crippen molar-refractivity contribution in [2.75, 3.05) is 32.8 Å². The summed E-state index contributed by atoms with van der Waals surface area (Å²) in [6.07, 6.45) is 0. The second-order valence-electron chi connectivity index (χ2n) is 7.23. The summed E-state index contributed by atoms with van der Waals surface area (Å²) in [6, 6.07) is 14.8. The number of ether oxygens (including phenoxy) is 1. The Kier molecular flexibility index (Phi) is 7.05. The van der Waals surface area contributed by atoms with Gasteiger partial charge in [0.05, 0.1) is 12.4 Å². The highest BCUT2D eigenvalue weighted by molar-refractivity contribution is 7.88. The maximum Gasteiger partial charge on any atom is 0.218 e. The highest BCUT2D eigenvalue weighted by Crippen LogP contribution is 2.24. The number of rotatable bonds is 8. The highest BCUT2D eigenvalue weighted by atomic mass is 32.2. The number of Topliss-reactive ketones (excluding diaryl/α,β-unsaturated/α-hetero) is 1. The summed E-state index contributed by atoms with van der Waals surface area (Å²) < 4.78 is 32.7. The molecule has 0 aliphatic carbocycles. The lowest BCUT2D eigenvalue weighted by Crippen LogP contribution is -2.48. The van der Waals surface area contributed by atoms with E-state index in [4.69, 9.17) is 4.74 Å². The van der Waals surface area contributed by atoms with Gasteiger partial charge in [-0.25, -0.2) is 8.42 Å². The summed E-state index contributed by atoms with van der Waals surface area (Å²) >= 11 is 0. The number of carbonyl (C=O) groups excluding carboxylic acids is 1. The van der Waals surface area contributed by atoms with Crippen LogP contribution in [-0.2, 0) is 22.3 Å². The quantitative estimate of drug-likeness (QED) is 0.619. The molecule has 1 fully saturated rings. The Morgan fingerprint density at radius 3 is 2.34 bits per heavy atom. The molecule has 1 aliphatic heterocycles. The summed E-state index contributed by atoms with van der Waals surface area (Å²) in [6.45, 7) is 6.88. The van der Waals surface area contributed by atoms with Crippen LogP contribution in [0, 0.1) is 0 Å². The Bertz CT molecular complexity index is 937. The molecule has 1 heterocycles. The minimum Gasteiger partial charge on any atom is -0.494 e. The number of benzene rings is 2. The van der Waals surface area contributed by atoms with Crippen LogP contribution in [-0.4, -0.2) is 56.2 Å². The number of nitrogens with zero attached hydrogens (tertiary/aromatic N) is 2. The maximum atomic E-state index is 12.7. The van der Waals surface area contributed by atoms with Crippen molar-refractivity contribution in [3.05, 3.63) is 65.2 Å². The molecule has 0 unspecified atom stereocenters. The van der Waals surface area contributed by atoms with Crippen LogP contribution in [0.3, 0.4) is 0 Å². The number of carbonyl (C=O) groups is 1. The van der Waals surface area contributed by atoms with Gasteiger partial charge in [-0.15, -0.1) is 0 Å². The van der Waals surface area contributed by atoms with Gasteiger partial charge in [0.1, 0.15) is 5.75 Å². The van der Waals surface area contributed by atoms with Crippen LogP contribution in [0.1, 0.15) is 35.3 Å². The Labute approximate surface area is 173 Å².